The Morgan fingerprint density at radius 1 is 1.19 bits per heavy atom. The Bertz CT molecular complexity index is 567. The molecule has 1 saturated carbocycles. The number of benzene rings is 1. The summed E-state index contributed by atoms with van der Waals surface area (Å²) in [5.41, 5.74) is 7.32. The number of carbonyl (C=O) groups is 2. The van der Waals surface area contributed by atoms with Gasteiger partial charge in [-0.2, -0.15) is 0 Å². The lowest BCUT2D eigenvalue weighted by Crippen LogP contribution is -2.59. The monoisotopic (exact) mass is 382 g/mol. The van der Waals surface area contributed by atoms with Crippen molar-refractivity contribution in [2.24, 2.45) is 11.7 Å². The number of nitrogens with two attached hydrogens (primary N) is 1. The first-order valence-electron chi connectivity index (χ1n) is 9.32. The molecule has 0 bridgehead atoms. The van der Waals surface area contributed by atoms with E-state index in [4.69, 9.17) is 5.73 Å². The second-order valence-electron chi connectivity index (χ2n) is 6.98. The summed E-state index contributed by atoms with van der Waals surface area (Å²) >= 11 is 0. The smallest absolute Gasteiger partial charge is 0.220 e. The molecular weight excluding hydrogens is 352 g/mol. The molecule has 146 valence electrons. The third-order valence-corrected chi connectivity index (χ3v) is 5.03. The van der Waals surface area contributed by atoms with Gasteiger partial charge in [0.05, 0.1) is 12.1 Å². The Morgan fingerprint density at radius 2 is 1.88 bits per heavy atom. The van der Waals surface area contributed by atoms with Crippen LogP contribution in [0.2, 0.25) is 0 Å². The Hall–Kier alpha value is -1.43. The van der Waals surface area contributed by atoms with Crippen LogP contribution in [-0.4, -0.2) is 35.0 Å². The van der Waals surface area contributed by atoms with Gasteiger partial charge in [-0.1, -0.05) is 37.3 Å². The van der Waals surface area contributed by atoms with Crippen molar-refractivity contribution < 1.29 is 14.7 Å². The van der Waals surface area contributed by atoms with Gasteiger partial charge in [0.25, 0.3) is 0 Å². The summed E-state index contributed by atoms with van der Waals surface area (Å²) in [4.78, 5) is 24.2. The van der Waals surface area contributed by atoms with E-state index in [1.807, 2.05) is 25.1 Å². The Kier molecular flexibility index (Phi) is 9.84. The van der Waals surface area contributed by atoms with E-state index in [-0.39, 0.29) is 30.1 Å². The van der Waals surface area contributed by atoms with Crippen molar-refractivity contribution in [3.8, 4) is 0 Å². The highest BCUT2D eigenvalue weighted by molar-refractivity contribution is 5.85. The van der Waals surface area contributed by atoms with Crippen molar-refractivity contribution in [1.82, 2.24) is 5.32 Å². The van der Waals surface area contributed by atoms with Crippen molar-refractivity contribution in [3.63, 3.8) is 0 Å². The lowest BCUT2D eigenvalue weighted by Gasteiger charge is -2.38. The van der Waals surface area contributed by atoms with Gasteiger partial charge in [-0.05, 0) is 37.7 Å². The summed E-state index contributed by atoms with van der Waals surface area (Å²) < 4.78 is 0. The maximum Gasteiger partial charge on any atom is 0.220 e. The second-order valence-corrected chi connectivity index (χ2v) is 6.98. The lowest BCUT2D eigenvalue weighted by molar-refractivity contribution is -0.129. The maximum atomic E-state index is 12.5. The first-order chi connectivity index (χ1) is 12.0. The zero-order valence-electron chi connectivity index (χ0n) is 15.4. The molecule has 0 radical (unpaired) electrons. The summed E-state index contributed by atoms with van der Waals surface area (Å²) in [7, 11) is 0. The van der Waals surface area contributed by atoms with Gasteiger partial charge in [0.15, 0.2) is 0 Å². The lowest BCUT2D eigenvalue weighted by atomic mass is 9.77. The number of aryl methyl sites for hydroxylation is 1. The van der Waals surface area contributed by atoms with Gasteiger partial charge in [0.1, 0.15) is 5.78 Å². The number of halogens is 1. The summed E-state index contributed by atoms with van der Waals surface area (Å²) in [5.74, 6) is -0.370. The maximum absolute atomic E-state index is 12.5. The molecule has 4 atom stereocenters. The van der Waals surface area contributed by atoms with Gasteiger partial charge < -0.3 is 16.2 Å². The molecule has 4 unspecified atom stereocenters. The Labute approximate surface area is 162 Å². The van der Waals surface area contributed by atoms with Gasteiger partial charge in [-0.25, -0.2) is 0 Å². The third-order valence-electron chi connectivity index (χ3n) is 5.03. The number of aliphatic hydroxyl groups excluding tert-OH is 1. The number of amides is 1. The predicted octanol–water partition coefficient (Wildman–Crippen LogP) is 2.38. The van der Waals surface area contributed by atoms with Crippen LogP contribution in [0, 0.1) is 5.92 Å². The van der Waals surface area contributed by atoms with Crippen LogP contribution in [-0.2, 0) is 16.0 Å². The molecule has 1 fully saturated rings. The van der Waals surface area contributed by atoms with E-state index >= 15 is 0 Å². The third kappa shape index (κ3) is 6.38. The standard InChI is InChI=1S/C20H30N2O3.ClH/c1-2-7-18(24)22-16-13-12-15(20(25)19(16)21)17(23)11-6-10-14-8-4-3-5-9-14;/h3-5,8-9,15-16,19-20,25H,2,6-7,10-13,21H2,1H3,(H,22,24);1H. The summed E-state index contributed by atoms with van der Waals surface area (Å²) in [5, 5.41) is 13.3. The first kappa shape index (κ1) is 22.6. The number of ketones is 1. The largest absolute Gasteiger partial charge is 0.391 e. The zero-order valence-corrected chi connectivity index (χ0v) is 16.2. The highest BCUT2D eigenvalue weighted by atomic mass is 35.5. The fraction of sp³-hybridized carbons (Fsp3) is 0.600. The molecule has 0 aromatic heterocycles. The average Bonchev–Trinajstić information content (AvgIpc) is 2.60. The molecule has 6 heteroatoms. The highest BCUT2D eigenvalue weighted by Crippen LogP contribution is 2.27. The average molecular weight is 383 g/mol. The topological polar surface area (TPSA) is 92.4 Å². The number of carbonyl (C=O) groups excluding carboxylic acids is 2. The Morgan fingerprint density at radius 3 is 2.54 bits per heavy atom. The van der Waals surface area contributed by atoms with Crippen molar-refractivity contribution in [3.05, 3.63) is 35.9 Å². The molecule has 5 nitrogen and oxygen atoms in total. The van der Waals surface area contributed by atoms with Crippen molar-refractivity contribution in [2.75, 3.05) is 0 Å². The molecule has 0 spiro atoms. The van der Waals surface area contributed by atoms with Crippen LogP contribution in [0.25, 0.3) is 0 Å². The number of nitrogens with one attached hydrogen (secondary N) is 1. The second kappa shape index (κ2) is 11.3. The molecule has 2 rings (SSSR count). The van der Waals surface area contributed by atoms with Crippen LogP contribution in [0.3, 0.4) is 0 Å². The molecule has 1 aliphatic rings. The van der Waals surface area contributed by atoms with E-state index in [2.05, 4.69) is 17.4 Å². The molecule has 4 N–H and O–H groups in total. The molecular formula is C20H31ClN2O3. The van der Waals surface area contributed by atoms with Gasteiger partial charge in [-0.3, -0.25) is 9.59 Å². The molecule has 0 aliphatic heterocycles. The molecule has 1 aromatic rings. The number of Topliss-reactive ketones (excluding diaryl/α,β-unsaturated/α-hetero) is 1. The molecule has 1 aliphatic carbocycles. The minimum atomic E-state index is -0.884. The Balaban J connectivity index is 0.00000338. The van der Waals surface area contributed by atoms with Crippen LogP contribution in [0.4, 0.5) is 0 Å². The first-order valence-corrected chi connectivity index (χ1v) is 9.32. The number of rotatable bonds is 8. The van der Waals surface area contributed by atoms with Crippen LogP contribution in [0.15, 0.2) is 30.3 Å². The van der Waals surface area contributed by atoms with E-state index in [0.717, 1.165) is 19.3 Å². The molecule has 1 amide bonds. The fourth-order valence-corrected chi connectivity index (χ4v) is 3.55. The number of hydrogen-bond acceptors (Lipinski definition) is 4. The van der Waals surface area contributed by atoms with Gasteiger partial charge in [-0.15, -0.1) is 12.4 Å². The highest BCUT2D eigenvalue weighted by Gasteiger charge is 2.39. The van der Waals surface area contributed by atoms with Crippen molar-refractivity contribution >= 4 is 24.1 Å². The quantitative estimate of drug-likeness (QED) is 0.643. The van der Waals surface area contributed by atoms with Gasteiger partial charge in [0.2, 0.25) is 5.91 Å². The van der Waals surface area contributed by atoms with E-state index in [1.165, 1.54) is 5.56 Å². The minimum Gasteiger partial charge on any atom is -0.391 e. The van der Waals surface area contributed by atoms with E-state index < -0.39 is 18.1 Å². The van der Waals surface area contributed by atoms with Crippen molar-refractivity contribution in [1.29, 1.82) is 0 Å². The van der Waals surface area contributed by atoms with Crippen LogP contribution in [0.1, 0.15) is 51.0 Å². The molecule has 26 heavy (non-hydrogen) atoms. The van der Waals surface area contributed by atoms with Gasteiger partial charge in [0, 0.05) is 24.8 Å². The van der Waals surface area contributed by atoms with E-state index in [9.17, 15) is 14.7 Å². The SMILES string of the molecule is CCCC(=O)NC1CCC(C(=O)CCCc2ccccc2)C(O)C1N.Cl. The summed E-state index contributed by atoms with van der Waals surface area (Å²) in [6, 6.07) is 9.24. The van der Waals surface area contributed by atoms with Crippen LogP contribution in [0.5, 0.6) is 0 Å². The fourth-order valence-electron chi connectivity index (χ4n) is 3.55. The van der Waals surface area contributed by atoms with E-state index in [1.54, 1.807) is 0 Å². The summed E-state index contributed by atoms with van der Waals surface area (Å²) in [6.07, 6.45) is 3.66. The molecule has 0 saturated heterocycles. The van der Waals surface area contributed by atoms with Crippen molar-refractivity contribution in [2.45, 2.75) is 70.1 Å². The van der Waals surface area contributed by atoms with Crippen LogP contribution >= 0.6 is 12.4 Å². The summed E-state index contributed by atoms with van der Waals surface area (Å²) in [6.45, 7) is 1.94. The van der Waals surface area contributed by atoms with Gasteiger partial charge >= 0.3 is 0 Å². The molecule has 1 aromatic carbocycles. The van der Waals surface area contributed by atoms with Crippen LogP contribution < -0.4 is 11.1 Å². The minimum absolute atomic E-state index is 0. The number of aliphatic hydroxyl groups is 1. The normalized spacial score (nSPS) is 25.2. The van der Waals surface area contributed by atoms with E-state index in [0.29, 0.717) is 25.7 Å². The number of hydrogen-bond donors (Lipinski definition) is 3. The predicted molar refractivity (Wildman–Crippen MR) is 105 cm³/mol. The zero-order chi connectivity index (χ0) is 18.2. The molecule has 0 heterocycles.